The quantitative estimate of drug-likeness (QED) is 0.837. The number of halogens is 2. The first-order valence-corrected chi connectivity index (χ1v) is 7.34. The Bertz CT molecular complexity index is 514. The van der Waals surface area contributed by atoms with Gasteiger partial charge in [-0.05, 0) is 31.0 Å². The van der Waals surface area contributed by atoms with Gasteiger partial charge in [0.15, 0.2) is 0 Å². The van der Waals surface area contributed by atoms with Gasteiger partial charge in [-0.2, -0.15) is 0 Å². The van der Waals surface area contributed by atoms with E-state index in [1.54, 1.807) is 18.2 Å². The molecule has 1 aliphatic carbocycles. The van der Waals surface area contributed by atoms with Gasteiger partial charge in [-0.15, -0.1) is 0 Å². The molecule has 0 unspecified atom stereocenters. The summed E-state index contributed by atoms with van der Waals surface area (Å²) in [6, 6.07) is 4.99. The zero-order valence-corrected chi connectivity index (χ0v) is 12.4. The minimum Gasteiger partial charge on any atom is -0.353 e. The third kappa shape index (κ3) is 4.39. The predicted octanol–water partition coefficient (Wildman–Crippen LogP) is 3.38. The fourth-order valence-corrected chi connectivity index (χ4v) is 2.62. The van der Waals surface area contributed by atoms with Crippen LogP contribution < -0.4 is 10.6 Å². The second kappa shape index (κ2) is 6.95. The zero-order valence-electron chi connectivity index (χ0n) is 10.9. The van der Waals surface area contributed by atoms with Crippen LogP contribution in [0.5, 0.6) is 0 Å². The first kappa shape index (κ1) is 15.1. The average molecular weight is 315 g/mol. The molecule has 0 spiro atoms. The number of benzene rings is 1. The van der Waals surface area contributed by atoms with Gasteiger partial charge < -0.3 is 10.6 Å². The third-order valence-electron chi connectivity index (χ3n) is 3.24. The van der Waals surface area contributed by atoms with Gasteiger partial charge in [0.25, 0.3) is 0 Å². The van der Waals surface area contributed by atoms with E-state index in [0.717, 1.165) is 25.7 Å². The summed E-state index contributed by atoms with van der Waals surface area (Å²) in [5.41, 5.74) is 0.415. The molecule has 1 fully saturated rings. The molecule has 108 valence electrons. The van der Waals surface area contributed by atoms with Crippen LogP contribution in [0.15, 0.2) is 18.2 Å². The molecule has 0 aliphatic heterocycles. The van der Waals surface area contributed by atoms with Crippen LogP contribution in [0.25, 0.3) is 0 Å². The maximum Gasteiger partial charge on any atom is 0.233 e. The number of nitrogens with one attached hydrogen (secondary N) is 2. The lowest BCUT2D eigenvalue weighted by Gasteiger charge is -2.12. The summed E-state index contributed by atoms with van der Waals surface area (Å²) < 4.78 is 0. The summed E-state index contributed by atoms with van der Waals surface area (Å²) in [6.07, 6.45) is 4.05. The highest BCUT2D eigenvalue weighted by Gasteiger charge is 2.19. The van der Waals surface area contributed by atoms with Gasteiger partial charge in [0.05, 0.1) is 10.7 Å². The lowest BCUT2D eigenvalue weighted by molar-refractivity contribution is -0.127. The number of hydrogen-bond donors (Lipinski definition) is 2. The van der Waals surface area contributed by atoms with Crippen molar-refractivity contribution in [2.45, 2.75) is 38.1 Å². The Morgan fingerprint density at radius 2 is 1.85 bits per heavy atom. The maximum atomic E-state index is 11.8. The molecule has 0 bridgehead atoms. The minimum absolute atomic E-state index is 0.209. The molecule has 0 aromatic heterocycles. The van der Waals surface area contributed by atoms with Crippen molar-refractivity contribution < 1.29 is 9.59 Å². The van der Waals surface area contributed by atoms with Crippen LogP contribution in [0, 0.1) is 0 Å². The highest BCUT2D eigenvalue weighted by molar-refractivity contribution is 6.35. The van der Waals surface area contributed by atoms with Crippen LogP contribution in [-0.4, -0.2) is 17.9 Å². The molecule has 4 nitrogen and oxygen atoms in total. The molecule has 2 rings (SSSR count). The van der Waals surface area contributed by atoms with Crippen LogP contribution >= 0.6 is 23.2 Å². The lowest BCUT2D eigenvalue weighted by Crippen LogP contribution is -2.35. The fraction of sp³-hybridized carbons (Fsp3) is 0.429. The predicted molar refractivity (Wildman–Crippen MR) is 80.1 cm³/mol. The first-order chi connectivity index (χ1) is 9.54. The SMILES string of the molecule is O=C(CC(=O)NC1CCCC1)Nc1cc(Cl)ccc1Cl. The van der Waals surface area contributed by atoms with Crippen molar-refractivity contribution in [1.29, 1.82) is 0 Å². The summed E-state index contributed by atoms with van der Waals surface area (Å²) in [7, 11) is 0. The molecule has 1 aromatic carbocycles. The Morgan fingerprint density at radius 3 is 2.55 bits per heavy atom. The van der Waals surface area contributed by atoms with E-state index in [0.29, 0.717) is 15.7 Å². The summed E-state index contributed by atoms with van der Waals surface area (Å²) in [5.74, 6) is -0.655. The van der Waals surface area contributed by atoms with Crippen LogP contribution in [0.1, 0.15) is 32.1 Å². The van der Waals surface area contributed by atoms with Crippen molar-refractivity contribution >= 4 is 40.7 Å². The standard InChI is InChI=1S/C14H16Cl2N2O2/c15-9-5-6-11(16)12(7-9)18-14(20)8-13(19)17-10-3-1-2-4-10/h5-7,10H,1-4,8H2,(H,17,19)(H,18,20). The fourth-order valence-electron chi connectivity index (χ4n) is 2.28. The van der Waals surface area contributed by atoms with Crippen molar-refractivity contribution in [1.82, 2.24) is 5.32 Å². The van der Waals surface area contributed by atoms with Gasteiger partial charge in [0.2, 0.25) is 11.8 Å². The van der Waals surface area contributed by atoms with E-state index in [1.807, 2.05) is 0 Å². The van der Waals surface area contributed by atoms with Gasteiger partial charge in [-0.1, -0.05) is 36.0 Å². The number of anilines is 1. The normalized spacial score (nSPS) is 15.1. The van der Waals surface area contributed by atoms with Gasteiger partial charge in [0.1, 0.15) is 6.42 Å². The van der Waals surface area contributed by atoms with Crippen molar-refractivity contribution in [3.63, 3.8) is 0 Å². The summed E-state index contributed by atoms with van der Waals surface area (Å²) in [4.78, 5) is 23.5. The van der Waals surface area contributed by atoms with Crippen molar-refractivity contribution in [2.24, 2.45) is 0 Å². The summed E-state index contributed by atoms with van der Waals surface area (Å²) in [5, 5.41) is 6.31. The van der Waals surface area contributed by atoms with E-state index >= 15 is 0 Å². The van der Waals surface area contributed by atoms with Gasteiger partial charge in [-0.25, -0.2) is 0 Å². The van der Waals surface area contributed by atoms with Gasteiger partial charge >= 0.3 is 0 Å². The Hall–Kier alpha value is -1.26. The minimum atomic E-state index is -0.398. The number of amides is 2. The number of rotatable bonds is 4. The number of carbonyl (C=O) groups is 2. The molecule has 0 radical (unpaired) electrons. The molecule has 1 aromatic rings. The molecular weight excluding hydrogens is 299 g/mol. The molecule has 1 aliphatic rings. The van der Waals surface area contributed by atoms with Crippen LogP contribution in [0.4, 0.5) is 5.69 Å². The topological polar surface area (TPSA) is 58.2 Å². The average Bonchev–Trinajstić information content (AvgIpc) is 2.86. The molecule has 6 heteroatoms. The van der Waals surface area contributed by atoms with Crippen molar-refractivity contribution in [3.8, 4) is 0 Å². The van der Waals surface area contributed by atoms with E-state index in [1.165, 1.54) is 0 Å². The molecule has 2 amide bonds. The Morgan fingerprint density at radius 1 is 1.15 bits per heavy atom. The highest BCUT2D eigenvalue weighted by atomic mass is 35.5. The van der Waals surface area contributed by atoms with E-state index in [2.05, 4.69) is 10.6 Å². The van der Waals surface area contributed by atoms with Gasteiger partial charge in [-0.3, -0.25) is 9.59 Å². The molecule has 0 heterocycles. The second-order valence-electron chi connectivity index (χ2n) is 4.90. The third-order valence-corrected chi connectivity index (χ3v) is 3.81. The van der Waals surface area contributed by atoms with Crippen LogP contribution in [-0.2, 0) is 9.59 Å². The monoisotopic (exact) mass is 314 g/mol. The molecule has 2 N–H and O–H groups in total. The zero-order chi connectivity index (χ0) is 14.5. The highest BCUT2D eigenvalue weighted by Crippen LogP contribution is 2.25. The molecular formula is C14H16Cl2N2O2. The molecule has 0 atom stereocenters. The smallest absolute Gasteiger partial charge is 0.233 e. The molecule has 0 saturated heterocycles. The number of hydrogen-bond acceptors (Lipinski definition) is 2. The largest absolute Gasteiger partial charge is 0.353 e. The van der Waals surface area contributed by atoms with Crippen molar-refractivity contribution in [3.05, 3.63) is 28.2 Å². The Balaban J connectivity index is 1.85. The summed E-state index contributed by atoms with van der Waals surface area (Å²) >= 11 is 11.8. The molecule has 20 heavy (non-hydrogen) atoms. The van der Waals surface area contributed by atoms with E-state index in [9.17, 15) is 9.59 Å². The van der Waals surface area contributed by atoms with E-state index in [-0.39, 0.29) is 18.4 Å². The second-order valence-corrected chi connectivity index (χ2v) is 5.74. The van der Waals surface area contributed by atoms with Crippen molar-refractivity contribution in [2.75, 3.05) is 5.32 Å². The first-order valence-electron chi connectivity index (χ1n) is 6.59. The Kier molecular flexibility index (Phi) is 5.26. The lowest BCUT2D eigenvalue weighted by atomic mass is 10.2. The maximum absolute atomic E-state index is 11.8. The Labute approximate surface area is 127 Å². The van der Waals surface area contributed by atoms with E-state index < -0.39 is 5.91 Å². The molecule has 1 saturated carbocycles. The number of carbonyl (C=O) groups excluding carboxylic acids is 2. The van der Waals surface area contributed by atoms with Crippen LogP contribution in [0.2, 0.25) is 10.0 Å². The van der Waals surface area contributed by atoms with Crippen LogP contribution in [0.3, 0.4) is 0 Å². The van der Waals surface area contributed by atoms with Gasteiger partial charge in [0, 0.05) is 11.1 Å². The summed E-state index contributed by atoms with van der Waals surface area (Å²) in [6.45, 7) is 0. The van der Waals surface area contributed by atoms with E-state index in [4.69, 9.17) is 23.2 Å².